The minimum absolute atomic E-state index is 0.566. The average molecular weight is 317 g/mol. The first-order chi connectivity index (χ1) is 11.8. The molecule has 0 unspecified atom stereocenters. The van der Waals surface area contributed by atoms with Crippen LogP contribution in [-0.2, 0) is 13.2 Å². The zero-order valence-electron chi connectivity index (χ0n) is 13.3. The molecule has 0 aliphatic carbocycles. The Morgan fingerprint density at radius 1 is 0.833 bits per heavy atom. The largest absolute Gasteiger partial charge is 0.489 e. The van der Waals surface area contributed by atoms with Crippen molar-refractivity contribution in [3.8, 4) is 5.75 Å². The number of rotatable bonds is 7. The maximum Gasteiger partial charge on any atom is 0.150 e. The van der Waals surface area contributed by atoms with Crippen molar-refractivity contribution in [1.29, 1.82) is 0 Å². The fraction of sp³-hybridized carbons (Fsp3) is 0.0952. The van der Waals surface area contributed by atoms with E-state index in [1.807, 2.05) is 72.8 Å². The predicted molar refractivity (Wildman–Crippen MR) is 96.4 cm³/mol. The lowest BCUT2D eigenvalue weighted by atomic mass is 10.2. The van der Waals surface area contributed by atoms with Crippen LogP contribution in [0.25, 0.3) is 0 Å². The molecular weight excluding hydrogens is 298 g/mol. The van der Waals surface area contributed by atoms with Crippen molar-refractivity contribution >= 4 is 12.0 Å². The minimum Gasteiger partial charge on any atom is -0.489 e. The average Bonchev–Trinajstić information content (AvgIpc) is 2.66. The molecule has 0 spiro atoms. The van der Waals surface area contributed by atoms with Crippen LogP contribution in [0.15, 0.2) is 78.9 Å². The molecule has 1 N–H and O–H groups in total. The van der Waals surface area contributed by atoms with E-state index in [0.717, 1.165) is 28.8 Å². The number of anilines is 1. The highest BCUT2D eigenvalue weighted by Gasteiger charge is 1.99. The Hall–Kier alpha value is -3.07. The number of benzene rings is 3. The molecule has 0 heterocycles. The summed E-state index contributed by atoms with van der Waals surface area (Å²) in [5.41, 5.74) is 3.91. The van der Waals surface area contributed by atoms with Gasteiger partial charge in [0.2, 0.25) is 0 Å². The predicted octanol–water partition coefficient (Wildman–Crippen LogP) is 4.69. The third-order valence-corrected chi connectivity index (χ3v) is 3.69. The summed E-state index contributed by atoms with van der Waals surface area (Å²) in [7, 11) is 0. The molecule has 0 amide bonds. The highest BCUT2D eigenvalue weighted by atomic mass is 16.5. The van der Waals surface area contributed by atoms with E-state index in [1.165, 1.54) is 0 Å². The van der Waals surface area contributed by atoms with Gasteiger partial charge in [0.25, 0.3) is 0 Å². The standard InChI is InChI=1S/C21H19NO2/c23-15-19-7-4-8-20(13-19)22-14-17-9-11-21(12-10-17)24-16-18-5-2-1-3-6-18/h1-13,15,22H,14,16H2. The quantitative estimate of drug-likeness (QED) is 0.642. The van der Waals surface area contributed by atoms with Gasteiger partial charge in [-0.2, -0.15) is 0 Å². The van der Waals surface area contributed by atoms with Gasteiger partial charge in [0.15, 0.2) is 0 Å². The second kappa shape index (κ2) is 7.97. The molecule has 24 heavy (non-hydrogen) atoms. The van der Waals surface area contributed by atoms with Gasteiger partial charge >= 0.3 is 0 Å². The van der Waals surface area contributed by atoms with Crippen LogP contribution < -0.4 is 10.1 Å². The lowest BCUT2D eigenvalue weighted by molar-refractivity contribution is 0.112. The Balaban J connectivity index is 1.53. The van der Waals surface area contributed by atoms with E-state index in [2.05, 4.69) is 5.32 Å². The molecule has 0 bridgehead atoms. The zero-order chi connectivity index (χ0) is 16.6. The number of aldehydes is 1. The first-order valence-corrected chi connectivity index (χ1v) is 7.88. The monoisotopic (exact) mass is 317 g/mol. The molecule has 0 radical (unpaired) electrons. The van der Waals surface area contributed by atoms with Crippen LogP contribution in [-0.4, -0.2) is 6.29 Å². The van der Waals surface area contributed by atoms with E-state index >= 15 is 0 Å². The summed E-state index contributed by atoms with van der Waals surface area (Å²) >= 11 is 0. The van der Waals surface area contributed by atoms with Gasteiger partial charge in [-0.05, 0) is 35.4 Å². The third kappa shape index (κ3) is 4.46. The number of nitrogens with one attached hydrogen (secondary N) is 1. The minimum atomic E-state index is 0.566. The molecule has 3 aromatic carbocycles. The van der Waals surface area contributed by atoms with Gasteiger partial charge in [-0.15, -0.1) is 0 Å². The van der Waals surface area contributed by atoms with E-state index in [0.29, 0.717) is 18.7 Å². The van der Waals surface area contributed by atoms with Crippen molar-refractivity contribution in [2.75, 3.05) is 5.32 Å². The smallest absolute Gasteiger partial charge is 0.150 e. The van der Waals surface area contributed by atoms with Crippen LogP contribution in [0.1, 0.15) is 21.5 Å². The Morgan fingerprint density at radius 2 is 1.62 bits per heavy atom. The van der Waals surface area contributed by atoms with Crippen molar-refractivity contribution in [1.82, 2.24) is 0 Å². The van der Waals surface area contributed by atoms with E-state index in [-0.39, 0.29) is 0 Å². The van der Waals surface area contributed by atoms with Crippen LogP contribution in [0.5, 0.6) is 5.75 Å². The highest BCUT2D eigenvalue weighted by molar-refractivity contribution is 5.76. The maximum absolute atomic E-state index is 10.8. The number of hydrogen-bond acceptors (Lipinski definition) is 3. The van der Waals surface area contributed by atoms with Gasteiger partial charge in [-0.3, -0.25) is 4.79 Å². The summed E-state index contributed by atoms with van der Waals surface area (Å²) in [5.74, 6) is 0.852. The zero-order valence-corrected chi connectivity index (χ0v) is 13.3. The SMILES string of the molecule is O=Cc1cccc(NCc2ccc(OCc3ccccc3)cc2)c1. The number of ether oxygens (including phenoxy) is 1. The van der Waals surface area contributed by atoms with Crippen LogP contribution >= 0.6 is 0 Å². The second-order valence-corrected chi connectivity index (χ2v) is 5.52. The number of carbonyl (C=O) groups excluding carboxylic acids is 1. The molecule has 3 heteroatoms. The molecular formula is C21H19NO2. The Labute approximate surface area is 141 Å². The molecule has 0 atom stereocenters. The molecule has 0 aromatic heterocycles. The molecule has 3 aromatic rings. The fourth-order valence-electron chi connectivity index (χ4n) is 2.37. The number of hydrogen-bond donors (Lipinski definition) is 1. The van der Waals surface area contributed by atoms with E-state index in [4.69, 9.17) is 4.74 Å². The molecule has 0 saturated heterocycles. The topological polar surface area (TPSA) is 38.3 Å². The van der Waals surface area contributed by atoms with Crippen molar-refractivity contribution < 1.29 is 9.53 Å². The van der Waals surface area contributed by atoms with Crippen LogP contribution in [0.2, 0.25) is 0 Å². The summed E-state index contributed by atoms with van der Waals surface area (Å²) in [6, 6.07) is 25.6. The summed E-state index contributed by atoms with van der Waals surface area (Å²) in [5, 5.41) is 3.31. The Bertz CT molecular complexity index is 782. The molecule has 3 nitrogen and oxygen atoms in total. The third-order valence-electron chi connectivity index (χ3n) is 3.69. The molecule has 3 rings (SSSR count). The Morgan fingerprint density at radius 3 is 2.38 bits per heavy atom. The summed E-state index contributed by atoms with van der Waals surface area (Å²) in [4.78, 5) is 10.8. The molecule has 120 valence electrons. The highest BCUT2D eigenvalue weighted by Crippen LogP contribution is 2.16. The normalized spacial score (nSPS) is 10.2. The first-order valence-electron chi connectivity index (χ1n) is 7.88. The van der Waals surface area contributed by atoms with Crippen LogP contribution in [0.3, 0.4) is 0 Å². The van der Waals surface area contributed by atoms with E-state index < -0.39 is 0 Å². The van der Waals surface area contributed by atoms with Crippen molar-refractivity contribution in [3.63, 3.8) is 0 Å². The first kappa shape index (κ1) is 15.8. The second-order valence-electron chi connectivity index (χ2n) is 5.52. The Kier molecular flexibility index (Phi) is 5.25. The molecule has 0 saturated carbocycles. The number of carbonyl (C=O) groups is 1. The van der Waals surface area contributed by atoms with Crippen LogP contribution in [0.4, 0.5) is 5.69 Å². The molecule has 0 aliphatic rings. The molecule has 0 aliphatic heterocycles. The fourth-order valence-corrected chi connectivity index (χ4v) is 2.37. The van der Waals surface area contributed by atoms with Gasteiger partial charge in [-0.1, -0.05) is 54.6 Å². The summed E-state index contributed by atoms with van der Waals surface area (Å²) < 4.78 is 5.78. The van der Waals surface area contributed by atoms with E-state index in [9.17, 15) is 4.79 Å². The lowest BCUT2D eigenvalue weighted by Gasteiger charge is -2.09. The van der Waals surface area contributed by atoms with Gasteiger partial charge in [0.05, 0.1) is 0 Å². The van der Waals surface area contributed by atoms with Gasteiger partial charge in [0.1, 0.15) is 18.6 Å². The van der Waals surface area contributed by atoms with Crippen molar-refractivity contribution in [3.05, 3.63) is 95.6 Å². The van der Waals surface area contributed by atoms with Gasteiger partial charge < -0.3 is 10.1 Å². The van der Waals surface area contributed by atoms with E-state index in [1.54, 1.807) is 6.07 Å². The lowest BCUT2D eigenvalue weighted by Crippen LogP contribution is -2.00. The van der Waals surface area contributed by atoms with Crippen molar-refractivity contribution in [2.45, 2.75) is 13.2 Å². The maximum atomic E-state index is 10.8. The van der Waals surface area contributed by atoms with Crippen LogP contribution in [0, 0.1) is 0 Å². The van der Waals surface area contributed by atoms with Gasteiger partial charge in [-0.25, -0.2) is 0 Å². The van der Waals surface area contributed by atoms with Crippen molar-refractivity contribution in [2.24, 2.45) is 0 Å². The molecule has 0 fully saturated rings. The summed E-state index contributed by atoms with van der Waals surface area (Å²) in [6.45, 7) is 1.26. The summed E-state index contributed by atoms with van der Waals surface area (Å²) in [6.07, 6.45) is 0.851. The van der Waals surface area contributed by atoms with Gasteiger partial charge in [0, 0.05) is 17.8 Å².